The van der Waals surface area contributed by atoms with Crippen molar-refractivity contribution in [3.05, 3.63) is 11.4 Å². The number of nitrogens with one attached hydrogen (secondary N) is 1. The zero-order chi connectivity index (χ0) is 4.41. The van der Waals surface area contributed by atoms with E-state index in [9.17, 15) is 0 Å². The molecule has 32 valence electrons. The topological polar surface area (TPSA) is 12.0 Å². The third-order valence-corrected chi connectivity index (χ3v) is 1.49. The first-order valence-electron chi connectivity index (χ1n) is 1.97. The van der Waals surface area contributed by atoms with Gasteiger partial charge in [0.05, 0.1) is 0 Å². The zero-order valence-corrected chi connectivity index (χ0v) is 4.46. The van der Waals surface area contributed by atoms with Crippen molar-refractivity contribution in [2.45, 2.75) is 6.82 Å². The van der Waals surface area contributed by atoms with E-state index in [1.807, 2.05) is 0 Å². The molecule has 0 unspecified atom stereocenters. The van der Waals surface area contributed by atoms with Crippen molar-refractivity contribution in [2.24, 2.45) is 0 Å². The Morgan fingerprint density at radius 3 is 2.83 bits per heavy atom. The van der Waals surface area contributed by atoms with Gasteiger partial charge in [-0.15, -0.1) is 0 Å². The van der Waals surface area contributed by atoms with Crippen LogP contribution in [0.15, 0.2) is 11.4 Å². The van der Waals surface area contributed by atoms with Crippen LogP contribution in [0.1, 0.15) is 0 Å². The Kier molecular flexibility index (Phi) is 1.22. The summed E-state index contributed by atoms with van der Waals surface area (Å²) in [5.41, 5.74) is 0. The lowest BCUT2D eigenvalue weighted by atomic mass is 9.68. The minimum absolute atomic E-state index is 0.579. The van der Waals surface area contributed by atoms with Crippen molar-refractivity contribution >= 4 is 18.8 Å². The van der Waals surface area contributed by atoms with Gasteiger partial charge in [-0.1, -0.05) is 24.7 Å². The minimum Gasteiger partial charge on any atom is -0.295 e. The third kappa shape index (κ3) is 0.789. The summed E-state index contributed by atoms with van der Waals surface area (Å²) in [6.45, 7) is 2.70. The van der Waals surface area contributed by atoms with Crippen molar-refractivity contribution < 1.29 is 0 Å². The molecule has 1 nitrogen and oxygen atoms in total. The van der Waals surface area contributed by atoms with E-state index in [1.165, 1.54) is 0 Å². The second-order valence-corrected chi connectivity index (χ2v) is 2.10. The second-order valence-electron chi connectivity index (χ2n) is 1.35. The average Bonchev–Trinajstić information content (AvgIpc) is 1.86. The van der Waals surface area contributed by atoms with Crippen molar-refractivity contribution in [2.75, 3.05) is 0 Å². The lowest BCUT2D eigenvalue weighted by Crippen LogP contribution is -2.15. The summed E-state index contributed by atoms with van der Waals surface area (Å²) in [5.74, 6) is 2.13. The van der Waals surface area contributed by atoms with Gasteiger partial charge in [0.1, 0.15) is 0 Å². The molecule has 0 saturated heterocycles. The van der Waals surface area contributed by atoms with Crippen LogP contribution in [0.3, 0.4) is 0 Å². The SMILES string of the molecule is CB1C=CSN1. The van der Waals surface area contributed by atoms with Crippen molar-refractivity contribution in [3.63, 3.8) is 0 Å². The van der Waals surface area contributed by atoms with Gasteiger partial charge >= 0.3 is 0 Å². The molecule has 0 radical (unpaired) electrons. The van der Waals surface area contributed by atoms with Gasteiger partial charge in [0.15, 0.2) is 0 Å². The highest BCUT2D eigenvalue weighted by Crippen LogP contribution is 2.04. The van der Waals surface area contributed by atoms with Crippen LogP contribution in [0.2, 0.25) is 6.82 Å². The summed E-state index contributed by atoms with van der Waals surface area (Å²) in [6.07, 6.45) is 0. The molecule has 0 fully saturated rings. The molecule has 1 heterocycles. The molecule has 6 heavy (non-hydrogen) atoms. The molecule has 0 spiro atoms. The summed E-state index contributed by atoms with van der Waals surface area (Å²) in [6, 6.07) is 0. The highest BCUT2D eigenvalue weighted by Gasteiger charge is 2.03. The Morgan fingerprint density at radius 1 is 1.83 bits per heavy atom. The van der Waals surface area contributed by atoms with E-state index >= 15 is 0 Å². The molecule has 0 atom stereocenters. The summed E-state index contributed by atoms with van der Waals surface area (Å²) in [7, 11) is 0. The maximum Gasteiger partial charge on any atom is 0.255 e. The molecule has 1 N–H and O–H groups in total. The fourth-order valence-electron chi connectivity index (χ4n) is 0.343. The molecule has 1 rings (SSSR count). The van der Waals surface area contributed by atoms with E-state index in [-0.39, 0.29) is 0 Å². The van der Waals surface area contributed by atoms with Gasteiger partial charge in [-0.25, -0.2) is 0 Å². The first-order valence-corrected chi connectivity index (χ1v) is 2.85. The molecule has 1 aliphatic heterocycles. The van der Waals surface area contributed by atoms with Crippen LogP contribution in [-0.2, 0) is 0 Å². The van der Waals surface area contributed by atoms with Gasteiger partial charge in [-0.05, 0) is 5.41 Å². The molecule has 0 aliphatic carbocycles. The maximum atomic E-state index is 3.12. The predicted molar refractivity (Wildman–Crippen MR) is 31.5 cm³/mol. The Balaban J connectivity index is 2.38. The molecule has 0 aromatic heterocycles. The number of hydrogen-bond acceptors (Lipinski definition) is 2. The molecule has 0 amide bonds. The summed E-state index contributed by atoms with van der Waals surface area (Å²) < 4.78 is 3.12. The molecule has 0 bridgehead atoms. The highest BCUT2D eigenvalue weighted by atomic mass is 32.2. The molecule has 0 saturated carbocycles. The van der Waals surface area contributed by atoms with E-state index < -0.39 is 0 Å². The highest BCUT2D eigenvalue weighted by molar-refractivity contribution is 8.02. The van der Waals surface area contributed by atoms with Crippen molar-refractivity contribution in [1.29, 1.82) is 0 Å². The molecule has 0 aromatic carbocycles. The van der Waals surface area contributed by atoms with Gasteiger partial charge in [0.2, 0.25) is 0 Å². The smallest absolute Gasteiger partial charge is 0.255 e. The Morgan fingerprint density at radius 2 is 2.67 bits per heavy atom. The molecule has 1 aliphatic rings. The fraction of sp³-hybridized carbons (Fsp3) is 0.333. The monoisotopic (exact) mass is 99.0 g/mol. The van der Waals surface area contributed by atoms with Gasteiger partial charge in [-0.2, -0.15) is 0 Å². The van der Waals surface area contributed by atoms with E-state index in [0.29, 0.717) is 6.85 Å². The van der Waals surface area contributed by atoms with Gasteiger partial charge in [0, 0.05) is 0 Å². The number of hydrogen-bond donors (Lipinski definition) is 1. The molecular weight excluding hydrogens is 92.9 g/mol. The third-order valence-electron chi connectivity index (χ3n) is 0.689. The van der Waals surface area contributed by atoms with Crippen LogP contribution in [0.5, 0.6) is 0 Å². The lowest BCUT2D eigenvalue weighted by Gasteiger charge is -1.87. The van der Waals surface area contributed by atoms with Crippen LogP contribution in [0, 0.1) is 0 Å². The largest absolute Gasteiger partial charge is 0.295 e. The Hall–Kier alpha value is 0.115. The summed E-state index contributed by atoms with van der Waals surface area (Å²) in [5, 5.41) is 2.06. The number of rotatable bonds is 0. The lowest BCUT2D eigenvalue weighted by molar-refractivity contribution is 1.63. The first-order chi connectivity index (χ1) is 2.89. The van der Waals surface area contributed by atoms with E-state index in [0.717, 1.165) is 0 Å². The molecule has 0 aromatic rings. The minimum atomic E-state index is 0.579. The van der Waals surface area contributed by atoms with Gasteiger partial charge in [0.25, 0.3) is 6.85 Å². The average molecular weight is 99.0 g/mol. The van der Waals surface area contributed by atoms with Crippen molar-refractivity contribution in [1.82, 2.24) is 4.63 Å². The van der Waals surface area contributed by atoms with Crippen LogP contribution in [-0.4, -0.2) is 6.85 Å². The summed E-state index contributed by atoms with van der Waals surface area (Å²) >= 11 is 1.65. The normalized spacial score (nSPS) is 19.8. The van der Waals surface area contributed by atoms with E-state index in [2.05, 4.69) is 22.8 Å². The molecule has 3 heteroatoms. The second kappa shape index (κ2) is 1.71. The molecular formula is C3H6BNS. The Bertz CT molecular complexity index is 73.2. The predicted octanol–water partition coefficient (Wildman–Crippen LogP) is 0.912. The van der Waals surface area contributed by atoms with Crippen LogP contribution in [0.4, 0.5) is 0 Å². The van der Waals surface area contributed by atoms with E-state index in [4.69, 9.17) is 0 Å². The zero-order valence-electron chi connectivity index (χ0n) is 3.64. The van der Waals surface area contributed by atoms with Crippen molar-refractivity contribution in [3.8, 4) is 0 Å². The van der Waals surface area contributed by atoms with Gasteiger partial charge in [-0.3, -0.25) is 4.63 Å². The van der Waals surface area contributed by atoms with Gasteiger partial charge < -0.3 is 0 Å². The van der Waals surface area contributed by atoms with Crippen LogP contribution < -0.4 is 4.63 Å². The quantitative estimate of drug-likeness (QED) is 0.358. The summed E-state index contributed by atoms with van der Waals surface area (Å²) in [4.78, 5) is 0. The fourth-order valence-corrected chi connectivity index (χ4v) is 1.03. The van der Waals surface area contributed by atoms with Crippen LogP contribution >= 0.6 is 11.9 Å². The first kappa shape index (κ1) is 4.28. The van der Waals surface area contributed by atoms with Crippen LogP contribution in [0.25, 0.3) is 0 Å². The standard InChI is InChI=1S/C3H6BNS/c1-4-2-3-6-5-4/h2-3,5H,1H3. The maximum absolute atomic E-state index is 3.12. The van der Waals surface area contributed by atoms with E-state index in [1.54, 1.807) is 11.9 Å². The Labute approximate surface area is 42.4 Å².